The average Bonchev–Trinajstić information content (AvgIpc) is 2.41. The lowest BCUT2D eigenvalue weighted by molar-refractivity contribution is 0.336. The summed E-state index contributed by atoms with van der Waals surface area (Å²) in [7, 11) is 4.03. The second-order valence-electron chi connectivity index (χ2n) is 3.89. The quantitative estimate of drug-likeness (QED) is 0.507. The smallest absolute Gasteiger partial charge is 0.126 e. The Morgan fingerprint density at radius 2 is 2.27 bits per heavy atom. The highest BCUT2D eigenvalue weighted by molar-refractivity contribution is 5.80. The van der Waals surface area contributed by atoms with Crippen LogP contribution in [0.5, 0.6) is 0 Å². The van der Waals surface area contributed by atoms with Crippen LogP contribution in [0.1, 0.15) is 20.3 Å². The van der Waals surface area contributed by atoms with E-state index in [2.05, 4.69) is 26.7 Å². The first-order valence-electron chi connectivity index (χ1n) is 4.97. The maximum absolute atomic E-state index is 4.57. The molecule has 1 rings (SSSR count). The summed E-state index contributed by atoms with van der Waals surface area (Å²) in [6, 6.07) is 0. The van der Waals surface area contributed by atoms with E-state index < -0.39 is 0 Å². The molecule has 0 aromatic heterocycles. The summed E-state index contributed by atoms with van der Waals surface area (Å²) in [4.78, 5) is 10.8. The average molecular weight is 203 g/mol. The van der Waals surface area contributed by atoms with Crippen molar-refractivity contribution >= 4 is 11.9 Å². The van der Waals surface area contributed by atoms with Crippen molar-refractivity contribution in [3.05, 3.63) is 11.8 Å². The van der Waals surface area contributed by atoms with Crippen molar-refractivity contribution in [1.29, 1.82) is 0 Å². The van der Waals surface area contributed by atoms with Crippen molar-refractivity contribution in [2.75, 3.05) is 14.1 Å². The van der Waals surface area contributed by atoms with Crippen molar-refractivity contribution in [2.24, 2.45) is 9.98 Å². The minimum atomic E-state index is 0.0551. The molecule has 0 fully saturated rings. The van der Waals surface area contributed by atoms with Crippen LogP contribution in [0.25, 0.3) is 0 Å². The van der Waals surface area contributed by atoms with Gasteiger partial charge in [0.2, 0.25) is 0 Å². The number of hydrogen-bond donors (Lipinski definition) is 0. The summed E-state index contributed by atoms with van der Waals surface area (Å²) < 4.78 is 0. The van der Waals surface area contributed by atoms with E-state index in [9.17, 15) is 0 Å². The van der Waals surface area contributed by atoms with Gasteiger partial charge in [-0.2, -0.15) is 0 Å². The summed E-state index contributed by atoms with van der Waals surface area (Å²) >= 11 is 0. The summed E-state index contributed by atoms with van der Waals surface area (Å²) in [6.45, 7) is 4.01. The first kappa shape index (κ1) is 11.7. The third-order valence-electron chi connectivity index (χ3n) is 1.98. The fraction of sp³-hybridized carbons (Fsp3) is 0.500. The third-order valence-corrected chi connectivity index (χ3v) is 1.98. The molecule has 1 unspecified atom stereocenters. The molecule has 0 aromatic carbocycles. The van der Waals surface area contributed by atoms with Gasteiger partial charge in [0, 0.05) is 18.3 Å². The highest BCUT2D eigenvalue weighted by Gasteiger charge is 2.14. The molecule has 3 nitrogen and oxygen atoms in total. The highest BCUT2D eigenvalue weighted by atomic mass is 15.2. The van der Waals surface area contributed by atoms with Gasteiger partial charge in [0.15, 0.2) is 0 Å². The lowest BCUT2D eigenvalue weighted by Crippen LogP contribution is -2.28. The van der Waals surface area contributed by atoms with Crippen LogP contribution >= 0.6 is 0 Å². The standard InChI is InChI=1S/C12H17N3/c1-10(2)14-12(15(3)4)11-7-5-6-8-13-9-11/h8-9,12H,7H2,1-4H3. The zero-order chi connectivity index (χ0) is 11.3. The maximum Gasteiger partial charge on any atom is 0.126 e. The third kappa shape index (κ3) is 3.69. The number of hydrogen-bond acceptors (Lipinski definition) is 3. The minimum absolute atomic E-state index is 0.0551. The summed E-state index contributed by atoms with van der Waals surface area (Å²) in [5, 5.41) is 0. The molecule has 0 saturated carbocycles. The molecule has 1 heterocycles. The predicted molar refractivity (Wildman–Crippen MR) is 65.2 cm³/mol. The molecule has 0 aliphatic carbocycles. The normalized spacial score (nSPS) is 16.2. The van der Waals surface area contributed by atoms with Gasteiger partial charge in [-0.3, -0.25) is 14.9 Å². The largest absolute Gasteiger partial charge is 0.285 e. The van der Waals surface area contributed by atoms with Crippen molar-refractivity contribution in [1.82, 2.24) is 4.90 Å². The van der Waals surface area contributed by atoms with E-state index in [1.165, 1.54) is 0 Å². The van der Waals surface area contributed by atoms with Crippen LogP contribution in [0.15, 0.2) is 21.8 Å². The molecule has 15 heavy (non-hydrogen) atoms. The van der Waals surface area contributed by atoms with Gasteiger partial charge < -0.3 is 0 Å². The Kier molecular flexibility index (Phi) is 4.26. The van der Waals surface area contributed by atoms with Crippen LogP contribution in [-0.2, 0) is 0 Å². The van der Waals surface area contributed by atoms with Crippen LogP contribution in [0, 0.1) is 11.8 Å². The molecule has 0 bridgehead atoms. The lowest BCUT2D eigenvalue weighted by atomic mass is 10.1. The Bertz CT molecular complexity index is 360. The van der Waals surface area contributed by atoms with Crippen LogP contribution in [0.2, 0.25) is 0 Å². The molecule has 0 spiro atoms. The Balaban J connectivity index is 2.91. The van der Waals surface area contributed by atoms with E-state index in [0.29, 0.717) is 0 Å². The Hall–Kier alpha value is -1.40. The number of likely N-dealkylation sites (N-methyl/N-ethyl adjacent to an activating group) is 1. The van der Waals surface area contributed by atoms with Crippen molar-refractivity contribution < 1.29 is 0 Å². The zero-order valence-corrected chi connectivity index (χ0v) is 9.78. The summed E-state index contributed by atoms with van der Waals surface area (Å²) in [5.74, 6) is 5.91. The molecule has 0 saturated heterocycles. The van der Waals surface area contributed by atoms with Gasteiger partial charge in [0.25, 0.3) is 0 Å². The van der Waals surface area contributed by atoms with Gasteiger partial charge >= 0.3 is 0 Å². The highest BCUT2D eigenvalue weighted by Crippen LogP contribution is 2.14. The van der Waals surface area contributed by atoms with E-state index in [1.54, 1.807) is 6.21 Å². The van der Waals surface area contributed by atoms with Crippen LogP contribution < -0.4 is 0 Å². The van der Waals surface area contributed by atoms with Gasteiger partial charge in [-0.15, -0.1) is 0 Å². The predicted octanol–water partition coefficient (Wildman–Crippen LogP) is 1.72. The van der Waals surface area contributed by atoms with Gasteiger partial charge in [0.05, 0.1) is 6.21 Å². The molecule has 0 amide bonds. The molecular formula is C12H17N3. The van der Waals surface area contributed by atoms with E-state index in [-0.39, 0.29) is 6.17 Å². The second kappa shape index (κ2) is 5.47. The Labute approximate surface area is 91.6 Å². The molecule has 80 valence electrons. The fourth-order valence-corrected chi connectivity index (χ4v) is 1.35. The molecule has 0 aromatic rings. The molecule has 1 atom stereocenters. The van der Waals surface area contributed by atoms with Crippen LogP contribution in [0.3, 0.4) is 0 Å². The minimum Gasteiger partial charge on any atom is -0.285 e. The van der Waals surface area contributed by atoms with Crippen LogP contribution in [0.4, 0.5) is 0 Å². The molecular weight excluding hydrogens is 186 g/mol. The van der Waals surface area contributed by atoms with Crippen molar-refractivity contribution in [2.45, 2.75) is 26.4 Å². The van der Waals surface area contributed by atoms with E-state index in [4.69, 9.17) is 0 Å². The Morgan fingerprint density at radius 3 is 2.87 bits per heavy atom. The van der Waals surface area contributed by atoms with Gasteiger partial charge in [-0.1, -0.05) is 11.8 Å². The molecule has 3 heteroatoms. The SMILES string of the molecule is CC(C)=NC(C1=CN=CC#CC1)N(C)C. The van der Waals surface area contributed by atoms with Gasteiger partial charge in [0.1, 0.15) is 6.17 Å². The Morgan fingerprint density at radius 1 is 1.53 bits per heavy atom. The fourth-order valence-electron chi connectivity index (χ4n) is 1.35. The van der Waals surface area contributed by atoms with Crippen molar-refractivity contribution in [3.63, 3.8) is 0 Å². The molecule has 1 aliphatic heterocycles. The molecule has 0 N–H and O–H groups in total. The number of aliphatic imine (C=N–C) groups is 2. The second-order valence-corrected chi connectivity index (χ2v) is 3.89. The van der Waals surface area contributed by atoms with Crippen molar-refractivity contribution in [3.8, 4) is 11.8 Å². The van der Waals surface area contributed by atoms with Gasteiger partial charge in [-0.25, -0.2) is 0 Å². The zero-order valence-electron chi connectivity index (χ0n) is 9.78. The maximum atomic E-state index is 4.57. The lowest BCUT2D eigenvalue weighted by Gasteiger charge is -2.22. The topological polar surface area (TPSA) is 28.0 Å². The summed E-state index contributed by atoms with van der Waals surface area (Å²) in [6.07, 6.45) is 4.27. The van der Waals surface area contributed by atoms with E-state index >= 15 is 0 Å². The first-order valence-corrected chi connectivity index (χ1v) is 4.97. The monoisotopic (exact) mass is 203 g/mol. The van der Waals surface area contributed by atoms with E-state index in [0.717, 1.165) is 17.7 Å². The van der Waals surface area contributed by atoms with E-state index in [1.807, 2.05) is 34.1 Å². The number of rotatable bonds is 3. The van der Waals surface area contributed by atoms with Crippen LogP contribution in [-0.4, -0.2) is 37.1 Å². The first-order chi connectivity index (χ1) is 7.11. The molecule has 1 aliphatic rings. The summed E-state index contributed by atoms with van der Waals surface area (Å²) in [5.41, 5.74) is 2.21. The van der Waals surface area contributed by atoms with Gasteiger partial charge in [-0.05, 0) is 33.5 Å². The number of nitrogens with zero attached hydrogens (tertiary/aromatic N) is 3. The molecule has 0 radical (unpaired) electrons.